The number of benzene rings is 1. The molecule has 1 aliphatic carbocycles. The fourth-order valence-corrected chi connectivity index (χ4v) is 3.86. The van der Waals surface area contributed by atoms with Crippen molar-refractivity contribution in [1.82, 2.24) is 20.4 Å². The van der Waals surface area contributed by atoms with Gasteiger partial charge in [0.15, 0.2) is 5.96 Å². The van der Waals surface area contributed by atoms with Crippen LogP contribution in [0.3, 0.4) is 0 Å². The van der Waals surface area contributed by atoms with E-state index >= 15 is 0 Å². The number of piperazine rings is 1. The molecule has 1 unspecified atom stereocenters. The quantitative estimate of drug-likeness (QED) is 0.564. The number of guanidine groups is 1. The summed E-state index contributed by atoms with van der Waals surface area (Å²) in [4.78, 5) is 9.27. The van der Waals surface area contributed by atoms with E-state index < -0.39 is 0 Å². The summed E-state index contributed by atoms with van der Waals surface area (Å²) in [6, 6.07) is 7.15. The Bertz CT molecular complexity index is 635. The lowest BCUT2D eigenvalue weighted by atomic mass is 9.95. The highest BCUT2D eigenvalue weighted by atomic mass is 19.1. The average molecular weight is 376 g/mol. The SMILES string of the molecule is CN=C(NCC(C)CN1CCN(C)CC1)NCC1(c2ccccc2F)CC1. The van der Waals surface area contributed by atoms with Gasteiger partial charge in [0, 0.05) is 58.3 Å². The zero-order valence-corrected chi connectivity index (χ0v) is 17.0. The smallest absolute Gasteiger partial charge is 0.191 e. The minimum absolute atomic E-state index is 0.0750. The van der Waals surface area contributed by atoms with Crippen molar-refractivity contribution < 1.29 is 4.39 Å². The zero-order valence-electron chi connectivity index (χ0n) is 17.0. The first-order valence-electron chi connectivity index (χ1n) is 10.1. The van der Waals surface area contributed by atoms with Crippen molar-refractivity contribution in [3.05, 3.63) is 35.6 Å². The van der Waals surface area contributed by atoms with E-state index in [2.05, 4.69) is 39.4 Å². The Morgan fingerprint density at radius 3 is 2.52 bits per heavy atom. The number of likely N-dealkylation sites (N-methyl/N-ethyl adjacent to an activating group) is 1. The molecule has 1 aromatic carbocycles. The molecule has 0 radical (unpaired) electrons. The fourth-order valence-electron chi connectivity index (χ4n) is 3.86. The van der Waals surface area contributed by atoms with Gasteiger partial charge < -0.3 is 20.4 Å². The van der Waals surface area contributed by atoms with Gasteiger partial charge in [-0.15, -0.1) is 0 Å². The van der Waals surface area contributed by atoms with Gasteiger partial charge >= 0.3 is 0 Å². The lowest BCUT2D eigenvalue weighted by molar-refractivity contribution is 0.139. The molecule has 0 bridgehead atoms. The molecule has 1 aromatic rings. The van der Waals surface area contributed by atoms with E-state index in [-0.39, 0.29) is 11.2 Å². The van der Waals surface area contributed by atoms with E-state index in [0.717, 1.165) is 70.2 Å². The molecule has 1 heterocycles. The van der Waals surface area contributed by atoms with E-state index in [1.165, 1.54) is 0 Å². The Morgan fingerprint density at radius 2 is 1.89 bits per heavy atom. The molecule has 0 aromatic heterocycles. The number of hydrogen-bond donors (Lipinski definition) is 2. The topological polar surface area (TPSA) is 42.9 Å². The highest BCUT2D eigenvalue weighted by Crippen LogP contribution is 2.48. The van der Waals surface area contributed by atoms with Crippen LogP contribution in [-0.4, -0.2) is 75.7 Å². The normalized spacial score (nSPS) is 21.7. The van der Waals surface area contributed by atoms with Crippen LogP contribution in [0.4, 0.5) is 4.39 Å². The van der Waals surface area contributed by atoms with Crippen molar-refractivity contribution in [2.75, 3.05) is 59.9 Å². The molecule has 5 nitrogen and oxygen atoms in total. The van der Waals surface area contributed by atoms with E-state index in [9.17, 15) is 4.39 Å². The standard InChI is InChI=1S/C21H34FN5/c1-17(15-27-12-10-26(3)11-13-27)14-24-20(23-2)25-16-21(8-9-21)18-6-4-5-7-19(18)22/h4-7,17H,8-16H2,1-3H3,(H2,23,24,25). The van der Waals surface area contributed by atoms with Crippen molar-refractivity contribution in [1.29, 1.82) is 0 Å². The highest BCUT2D eigenvalue weighted by Gasteiger charge is 2.45. The summed E-state index contributed by atoms with van der Waals surface area (Å²) in [6.07, 6.45) is 2.05. The van der Waals surface area contributed by atoms with E-state index in [1.54, 1.807) is 19.2 Å². The number of rotatable bonds is 7. The minimum Gasteiger partial charge on any atom is -0.356 e. The first-order chi connectivity index (χ1) is 13.0. The summed E-state index contributed by atoms with van der Waals surface area (Å²) in [5.41, 5.74) is 0.755. The maximum atomic E-state index is 14.2. The van der Waals surface area contributed by atoms with Gasteiger partial charge in [-0.25, -0.2) is 4.39 Å². The predicted molar refractivity (Wildman–Crippen MR) is 110 cm³/mol. The Kier molecular flexibility index (Phi) is 6.71. The van der Waals surface area contributed by atoms with E-state index in [0.29, 0.717) is 5.92 Å². The summed E-state index contributed by atoms with van der Waals surface area (Å²) in [6.45, 7) is 9.61. The van der Waals surface area contributed by atoms with Crippen molar-refractivity contribution >= 4 is 5.96 Å². The first-order valence-corrected chi connectivity index (χ1v) is 10.1. The van der Waals surface area contributed by atoms with Gasteiger partial charge in [0.2, 0.25) is 0 Å². The van der Waals surface area contributed by atoms with E-state index in [4.69, 9.17) is 0 Å². The van der Waals surface area contributed by atoms with Crippen LogP contribution < -0.4 is 10.6 Å². The first kappa shape index (κ1) is 20.1. The van der Waals surface area contributed by atoms with Crippen LogP contribution in [0.5, 0.6) is 0 Å². The van der Waals surface area contributed by atoms with Crippen LogP contribution in [0.25, 0.3) is 0 Å². The Balaban J connectivity index is 1.43. The average Bonchev–Trinajstić information content (AvgIpc) is 3.45. The van der Waals surface area contributed by atoms with Crippen LogP contribution in [0.1, 0.15) is 25.3 Å². The van der Waals surface area contributed by atoms with Gasteiger partial charge in [-0.2, -0.15) is 0 Å². The number of aliphatic imine (C=N–C) groups is 1. The molecule has 2 N–H and O–H groups in total. The van der Waals surface area contributed by atoms with Crippen molar-refractivity contribution in [2.24, 2.45) is 10.9 Å². The second-order valence-corrected chi connectivity index (χ2v) is 8.28. The molecule has 1 aliphatic heterocycles. The van der Waals surface area contributed by atoms with Crippen LogP contribution in [0.2, 0.25) is 0 Å². The summed E-state index contributed by atoms with van der Waals surface area (Å²) in [5, 5.41) is 6.86. The number of hydrogen-bond acceptors (Lipinski definition) is 3. The summed E-state index contributed by atoms with van der Waals surface area (Å²) >= 11 is 0. The number of halogens is 1. The Hall–Kier alpha value is -1.66. The molecule has 2 fully saturated rings. The lowest BCUT2D eigenvalue weighted by Crippen LogP contribution is -2.48. The second-order valence-electron chi connectivity index (χ2n) is 8.28. The molecule has 27 heavy (non-hydrogen) atoms. The van der Waals surface area contributed by atoms with Crippen LogP contribution in [-0.2, 0) is 5.41 Å². The van der Waals surface area contributed by atoms with Crippen LogP contribution >= 0.6 is 0 Å². The molecule has 150 valence electrons. The van der Waals surface area contributed by atoms with Gasteiger partial charge in [0.1, 0.15) is 5.82 Å². The summed E-state index contributed by atoms with van der Waals surface area (Å²) < 4.78 is 14.2. The molecule has 3 rings (SSSR count). The second kappa shape index (κ2) is 9.02. The lowest BCUT2D eigenvalue weighted by Gasteiger charge is -2.34. The minimum atomic E-state index is -0.0967. The third-order valence-electron chi connectivity index (χ3n) is 5.90. The van der Waals surface area contributed by atoms with Crippen LogP contribution in [0, 0.1) is 11.7 Å². The number of nitrogens with zero attached hydrogens (tertiary/aromatic N) is 3. The van der Waals surface area contributed by atoms with Gasteiger partial charge in [-0.1, -0.05) is 25.1 Å². The zero-order chi connectivity index (χ0) is 19.3. The third-order valence-corrected chi connectivity index (χ3v) is 5.90. The van der Waals surface area contributed by atoms with E-state index in [1.807, 2.05) is 12.1 Å². The molecule has 6 heteroatoms. The molecular weight excluding hydrogens is 341 g/mol. The highest BCUT2D eigenvalue weighted by molar-refractivity contribution is 5.79. The molecule has 1 saturated carbocycles. The van der Waals surface area contributed by atoms with Crippen molar-refractivity contribution in [2.45, 2.75) is 25.2 Å². The monoisotopic (exact) mass is 375 g/mol. The number of nitrogens with one attached hydrogen (secondary N) is 2. The summed E-state index contributed by atoms with van der Waals surface area (Å²) in [7, 11) is 3.98. The van der Waals surface area contributed by atoms with Gasteiger partial charge in [0.05, 0.1) is 0 Å². The van der Waals surface area contributed by atoms with Gasteiger partial charge in [0.25, 0.3) is 0 Å². The van der Waals surface area contributed by atoms with Gasteiger partial charge in [-0.3, -0.25) is 4.99 Å². The molecule has 1 saturated heterocycles. The maximum Gasteiger partial charge on any atom is 0.191 e. The third kappa shape index (κ3) is 5.42. The largest absolute Gasteiger partial charge is 0.356 e. The molecule has 1 atom stereocenters. The molecule has 0 amide bonds. The predicted octanol–water partition coefficient (Wildman–Crippen LogP) is 1.91. The maximum absolute atomic E-state index is 14.2. The molecular formula is C21H34FN5. The Labute approximate surface area is 163 Å². The molecule has 0 spiro atoms. The Morgan fingerprint density at radius 1 is 1.19 bits per heavy atom. The van der Waals surface area contributed by atoms with Crippen molar-refractivity contribution in [3.63, 3.8) is 0 Å². The van der Waals surface area contributed by atoms with Gasteiger partial charge in [-0.05, 0) is 37.4 Å². The molecule has 2 aliphatic rings. The van der Waals surface area contributed by atoms with Crippen LogP contribution in [0.15, 0.2) is 29.3 Å². The fraction of sp³-hybridized carbons (Fsp3) is 0.667. The van der Waals surface area contributed by atoms with Crippen molar-refractivity contribution in [3.8, 4) is 0 Å². The summed E-state index contributed by atoms with van der Waals surface area (Å²) in [5.74, 6) is 1.26.